The van der Waals surface area contributed by atoms with E-state index in [4.69, 9.17) is 74.5 Å². The zero-order valence-corrected chi connectivity index (χ0v) is 65.2. The molecule has 4 unspecified atom stereocenters. The maximum absolute atomic E-state index is 15.9. The fourth-order valence-electron chi connectivity index (χ4n) is 12.2. The van der Waals surface area contributed by atoms with Gasteiger partial charge in [-0.05, 0) is 64.1 Å². The van der Waals surface area contributed by atoms with Gasteiger partial charge in [0.15, 0.2) is 24.8 Å². The molecule has 6 aromatic rings. The Kier molecular flexibility index (Phi) is 34.7. The van der Waals surface area contributed by atoms with Gasteiger partial charge in [0, 0.05) is 19.3 Å². The number of fused-ring (bicyclic) bond motifs is 1. The van der Waals surface area contributed by atoms with Gasteiger partial charge in [-0.25, -0.2) is 9.13 Å². The van der Waals surface area contributed by atoms with Crippen molar-refractivity contribution in [2.45, 2.75) is 239 Å². The molecular weight excluding hydrogens is 1460 g/mol. The van der Waals surface area contributed by atoms with Crippen molar-refractivity contribution in [2.24, 2.45) is 5.92 Å². The second-order valence-corrected chi connectivity index (χ2v) is 30.3. The lowest BCUT2D eigenvalue weighted by atomic mass is 9.94. The largest absolute Gasteiger partial charge is 0.477 e. The van der Waals surface area contributed by atoms with Gasteiger partial charge >= 0.3 is 39.5 Å². The first-order valence-corrected chi connectivity index (χ1v) is 40.7. The summed E-state index contributed by atoms with van der Waals surface area (Å²) in [4.78, 5) is 85.7. The summed E-state index contributed by atoms with van der Waals surface area (Å²) in [6.07, 6.45) is -16.4. The summed E-state index contributed by atoms with van der Waals surface area (Å²) in [6, 6.07) is 49.0. The molecule has 2 saturated heterocycles. The number of carbonyl (C=O) groups is 6. The van der Waals surface area contributed by atoms with Crippen LogP contribution in [0.4, 0.5) is 0 Å². The fraction of sp³-hybridized carbons (Fsp3) is 0.488. The van der Waals surface area contributed by atoms with Crippen LogP contribution in [0.2, 0.25) is 0 Å². The molecule has 9 rings (SSSR count). The maximum Gasteiger partial charge on any atom is 0.477 e. The second kappa shape index (κ2) is 44.4. The summed E-state index contributed by atoms with van der Waals surface area (Å²) in [5.41, 5.74) is 4.66. The van der Waals surface area contributed by atoms with Crippen LogP contribution in [0.25, 0.3) is 0 Å². The highest BCUT2D eigenvalue weighted by Crippen LogP contribution is 2.56. The molecule has 0 bridgehead atoms. The first-order chi connectivity index (χ1) is 53.3. The van der Waals surface area contributed by atoms with Gasteiger partial charge in [-0.1, -0.05) is 231 Å². The van der Waals surface area contributed by atoms with E-state index < -0.39 is 157 Å². The average Bonchev–Trinajstić information content (AvgIpc) is 0.957. The molecule has 3 aliphatic rings. The number of phosphoric ester groups is 2. The van der Waals surface area contributed by atoms with Crippen molar-refractivity contribution in [2.75, 3.05) is 13.2 Å². The number of esters is 4. The van der Waals surface area contributed by atoms with Crippen molar-refractivity contribution in [3.8, 4) is 0 Å². The molecule has 14 atom stereocenters. The first kappa shape index (κ1) is 86.1. The third-order valence-corrected chi connectivity index (χ3v) is 21.5. The lowest BCUT2D eigenvalue weighted by Gasteiger charge is -2.48. The van der Waals surface area contributed by atoms with Crippen LogP contribution in [0.5, 0.6) is 0 Å². The molecule has 6 aromatic carbocycles. The number of hydrogen-bond donors (Lipinski definition) is 2. The van der Waals surface area contributed by atoms with E-state index in [0.717, 1.165) is 11.1 Å². The molecule has 2 fully saturated rings. The van der Waals surface area contributed by atoms with Gasteiger partial charge in [0.05, 0.1) is 84.8 Å². The molecule has 28 heteroatoms. The predicted octanol–water partition coefficient (Wildman–Crippen LogP) is 13.9. The Balaban J connectivity index is 1.19. The number of rotatable bonds is 43. The minimum absolute atomic E-state index is 0.00525. The Morgan fingerprint density at radius 2 is 0.873 bits per heavy atom. The highest BCUT2D eigenvalue weighted by atomic mass is 31.2. The van der Waals surface area contributed by atoms with E-state index in [0.29, 0.717) is 40.7 Å². The van der Waals surface area contributed by atoms with Crippen molar-refractivity contribution in [1.29, 1.82) is 0 Å². The van der Waals surface area contributed by atoms with Crippen LogP contribution in [0.15, 0.2) is 176 Å². The minimum atomic E-state index is -4.97. The number of phosphoric acid groups is 2. The predicted molar refractivity (Wildman–Crippen MR) is 402 cm³/mol. The van der Waals surface area contributed by atoms with E-state index in [1.165, 1.54) is 0 Å². The van der Waals surface area contributed by atoms with E-state index in [2.05, 4.69) is 10.6 Å². The molecule has 0 radical (unpaired) electrons. The molecule has 3 aliphatic heterocycles. The molecule has 0 aromatic heterocycles. The summed E-state index contributed by atoms with van der Waals surface area (Å²) in [7, 11) is -9.77. The smallest absolute Gasteiger partial charge is 0.462 e. The van der Waals surface area contributed by atoms with Crippen LogP contribution in [0.1, 0.15) is 152 Å². The van der Waals surface area contributed by atoms with Crippen LogP contribution >= 0.6 is 15.6 Å². The molecule has 0 saturated carbocycles. The molecular formula is C82H104N2O24P2. The number of nitrogens with one attached hydrogen (secondary N) is 2. The molecule has 26 nitrogen and oxygen atoms in total. The molecule has 0 aliphatic carbocycles. The highest BCUT2D eigenvalue weighted by Gasteiger charge is 2.57. The Labute approximate surface area is 643 Å². The van der Waals surface area contributed by atoms with Crippen molar-refractivity contribution >= 4 is 51.3 Å². The molecule has 110 heavy (non-hydrogen) atoms. The summed E-state index contributed by atoms with van der Waals surface area (Å²) in [5, 5.41) is 5.97. The van der Waals surface area contributed by atoms with Gasteiger partial charge in [-0.2, -0.15) is 0 Å². The molecule has 2 N–H and O–H groups in total. The lowest BCUT2D eigenvalue weighted by Crippen LogP contribution is -2.68. The van der Waals surface area contributed by atoms with Crippen LogP contribution in [0, 0.1) is 5.92 Å². The van der Waals surface area contributed by atoms with Crippen LogP contribution in [-0.4, -0.2) is 129 Å². The van der Waals surface area contributed by atoms with E-state index in [-0.39, 0.29) is 90.7 Å². The first-order valence-electron chi connectivity index (χ1n) is 37.8. The SMILES string of the molecule is CCC(=O)O[C@H](CC)CC(=O)NC1[C@H](OCC2O[C@H](OP(=O)(OCc3ccccc3)OCc3ccccc3)C(NC(=O)C[C@H](C)CC)[C@@H](OC(=O)C[C@@H](CC)OCc3ccccc3)[C@@H]2OCc2ccccc2)OC(COCc2ccccc2)[C@@H](OP2(=O)OCc3ccccc3CO2)[C@@H]1OC(=O)C[C@@H](CC)OC(=O)CC. The normalized spacial score (nSPS) is 22.1. The molecule has 3 heterocycles. The maximum atomic E-state index is 15.9. The van der Waals surface area contributed by atoms with Gasteiger partial charge < -0.3 is 58.0 Å². The van der Waals surface area contributed by atoms with E-state index >= 15 is 18.7 Å². The Morgan fingerprint density at radius 1 is 0.455 bits per heavy atom. The highest BCUT2D eigenvalue weighted by molar-refractivity contribution is 7.48. The molecule has 2 amide bonds. The minimum Gasteiger partial charge on any atom is -0.462 e. The number of carbonyl (C=O) groups excluding carboxylic acids is 6. The fourth-order valence-corrected chi connectivity index (χ4v) is 14.8. The van der Waals surface area contributed by atoms with Crippen LogP contribution in [0.3, 0.4) is 0 Å². The third kappa shape index (κ3) is 27.2. The van der Waals surface area contributed by atoms with Crippen molar-refractivity contribution in [3.63, 3.8) is 0 Å². The topological polar surface area (TPSA) is 308 Å². The van der Waals surface area contributed by atoms with Gasteiger partial charge in [-0.15, -0.1) is 0 Å². The Bertz CT molecular complexity index is 3830. The van der Waals surface area contributed by atoms with Gasteiger partial charge in [0.2, 0.25) is 11.8 Å². The third-order valence-electron chi connectivity index (χ3n) is 18.7. The zero-order chi connectivity index (χ0) is 78.3. The number of benzene rings is 6. The number of hydrogen-bond acceptors (Lipinski definition) is 24. The van der Waals surface area contributed by atoms with Crippen molar-refractivity contribution in [3.05, 3.63) is 215 Å². The summed E-state index contributed by atoms with van der Waals surface area (Å²) in [6.45, 7) is 9.96. The number of ether oxygens (including phenoxy) is 10. The van der Waals surface area contributed by atoms with Crippen LogP contribution < -0.4 is 10.6 Å². The van der Waals surface area contributed by atoms with Crippen LogP contribution in [-0.2, 0) is 159 Å². The summed E-state index contributed by atoms with van der Waals surface area (Å²) in [5.74, 6) is -4.47. The Hall–Kier alpha value is -7.88. The van der Waals surface area contributed by atoms with Crippen molar-refractivity contribution in [1.82, 2.24) is 10.6 Å². The van der Waals surface area contributed by atoms with E-state index in [1.807, 2.05) is 87.5 Å². The number of amides is 2. The summed E-state index contributed by atoms with van der Waals surface area (Å²) < 4.78 is 135. The van der Waals surface area contributed by atoms with E-state index in [9.17, 15) is 19.2 Å². The molecule has 596 valence electrons. The average molecular weight is 1560 g/mol. The molecule has 0 spiro atoms. The second-order valence-electron chi connectivity index (χ2n) is 27.1. The van der Waals surface area contributed by atoms with Crippen molar-refractivity contribution < 1.29 is 112 Å². The van der Waals surface area contributed by atoms with Gasteiger partial charge in [0.1, 0.15) is 48.7 Å². The van der Waals surface area contributed by atoms with Gasteiger partial charge in [-0.3, -0.25) is 55.9 Å². The zero-order valence-electron chi connectivity index (χ0n) is 63.5. The van der Waals surface area contributed by atoms with Gasteiger partial charge in [0.25, 0.3) is 0 Å². The summed E-state index contributed by atoms with van der Waals surface area (Å²) >= 11 is 0. The quantitative estimate of drug-likeness (QED) is 0.0204. The monoisotopic (exact) mass is 1560 g/mol. The Morgan fingerprint density at radius 3 is 1.36 bits per heavy atom. The van der Waals surface area contributed by atoms with E-state index in [1.54, 1.807) is 137 Å². The lowest BCUT2D eigenvalue weighted by molar-refractivity contribution is -0.303. The standard InChI is InChI=1S/C82H104N2O24P2/c1-8-56(7)43-69(85)83-76-79(105-73(89)45-64(9-2)94-48-58-33-21-15-22-34-58)77(95-49-59-35-23-16-24-36-59)68(104-82(76)108-110(92,97-50-60-37-25-17-26-38-60)98-51-61-39-27-18-28-40-61)55-96-81-75(84-70(86)44-65(10-3)101-71(87)12-5)80(106-74(90)46-66(11-4)102-72(88)13-6)78(67(103-81)54-93-47-57-31-19-14-20-32-57)107-109(91)99-52-62-41-29-30-42-63(62)53-100-109/h14-42,56,64-68,75-82H,8-13,43-55H2,1-7H3,(H,83,85)(H,84,86)/t56-,64-,65-,66-,67?,68?,75?,76?,77-,78-,79-,80-,81-,82-/m1/s1.